The predicted octanol–water partition coefficient (Wildman–Crippen LogP) is 1.55. The van der Waals surface area contributed by atoms with Gasteiger partial charge in [-0.1, -0.05) is 23.5 Å². The van der Waals surface area contributed by atoms with Crippen LogP contribution in [0, 0.1) is 12.7 Å². The number of carbonyl (C=O) groups excluding carboxylic acids is 1. The highest BCUT2D eigenvalue weighted by molar-refractivity contribution is 7.07. The van der Waals surface area contributed by atoms with Gasteiger partial charge in [-0.25, -0.2) is 4.39 Å². The lowest BCUT2D eigenvalue weighted by Gasteiger charge is -2.35. The van der Waals surface area contributed by atoms with Gasteiger partial charge < -0.3 is 10.1 Å². The molecule has 1 atom stereocenters. The monoisotopic (exact) mass is 379 g/mol. The van der Waals surface area contributed by atoms with Gasteiger partial charge in [0.2, 0.25) is 5.91 Å². The smallest absolute Gasteiger partial charge is 0.307 e. The molecule has 140 valence electrons. The number of aromatic nitrogens is 1. The van der Waals surface area contributed by atoms with Crippen molar-refractivity contribution in [1.29, 1.82) is 0 Å². The minimum absolute atomic E-state index is 0.00736. The molecule has 1 unspecified atom stereocenters. The van der Waals surface area contributed by atoms with Crippen LogP contribution in [0.3, 0.4) is 0 Å². The third kappa shape index (κ3) is 4.57. The molecule has 1 saturated heterocycles. The van der Waals surface area contributed by atoms with Crippen LogP contribution in [0.4, 0.5) is 4.39 Å². The number of ether oxygens (including phenoxy) is 1. The number of aryl methyl sites for hydroxylation is 1. The summed E-state index contributed by atoms with van der Waals surface area (Å²) in [6.07, 6.45) is 0. The normalized spacial score (nSPS) is 16.4. The van der Waals surface area contributed by atoms with E-state index >= 15 is 0 Å². The van der Waals surface area contributed by atoms with Gasteiger partial charge in [0.05, 0.1) is 19.3 Å². The summed E-state index contributed by atoms with van der Waals surface area (Å²) in [6, 6.07) is 6.28. The number of hydrogen-bond donors (Lipinski definition) is 1. The molecule has 1 aromatic carbocycles. The molecule has 26 heavy (non-hydrogen) atoms. The van der Waals surface area contributed by atoms with Gasteiger partial charge in [0.1, 0.15) is 12.4 Å². The summed E-state index contributed by atoms with van der Waals surface area (Å²) in [4.78, 5) is 26.2. The molecule has 6 nitrogen and oxygen atoms in total. The first kappa shape index (κ1) is 18.8. The average Bonchev–Trinajstić information content (AvgIpc) is 2.96. The summed E-state index contributed by atoms with van der Waals surface area (Å²) < 4.78 is 20.1. The summed E-state index contributed by atoms with van der Waals surface area (Å²) >= 11 is 1.09. The number of carbonyl (C=O) groups is 1. The lowest BCUT2D eigenvalue weighted by atomic mass is 10.0. The quantitative estimate of drug-likeness (QED) is 0.827. The fraction of sp³-hybridized carbons (Fsp3) is 0.444. The molecule has 1 aliphatic heterocycles. The van der Waals surface area contributed by atoms with Crippen LogP contribution in [0.5, 0.6) is 0 Å². The first-order valence-electron chi connectivity index (χ1n) is 8.53. The Kier molecular flexibility index (Phi) is 6.18. The maximum atomic E-state index is 13.3. The Bertz CT molecular complexity index is 797. The van der Waals surface area contributed by atoms with Crippen molar-refractivity contribution in [3.8, 4) is 0 Å². The first-order valence-corrected chi connectivity index (χ1v) is 9.41. The van der Waals surface area contributed by atoms with Crippen molar-refractivity contribution in [2.45, 2.75) is 19.5 Å². The molecule has 1 fully saturated rings. The highest BCUT2D eigenvalue weighted by Crippen LogP contribution is 2.21. The molecule has 1 aromatic heterocycles. The lowest BCUT2D eigenvalue weighted by molar-refractivity contribution is -0.122. The molecule has 0 spiro atoms. The molecule has 1 amide bonds. The molecule has 2 aromatic rings. The van der Waals surface area contributed by atoms with Crippen molar-refractivity contribution >= 4 is 17.2 Å². The van der Waals surface area contributed by atoms with Gasteiger partial charge in [0, 0.05) is 30.7 Å². The minimum Gasteiger partial charge on any atom is -0.379 e. The van der Waals surface area contributed by atoms with Crippen LogP contribution in [0.15, 0.2) is 34.4 Å². The number of amides is 1. The molecule has 2 heterocycles. The number of hydrogen-bond acceptors (Lipinski definition) is 5. The Morgan fingerprint density at radius 2 is 2.00 bits per heavy atom. The Morgan fingerprint density at radius 3 is 2.62 bits per heavy atom. The van der Waals surface area contributed by atoms with E-state index in [0.29, 0.717) is 19.8 Å². The zero-order valence-electron chi connectivity index (χ0n) is 14.6. The van der Waals surface area contributed by atoms with E-state index in [4.69, 9.17) is 4.74 Å². The summed E-state index contributed by atoms with van der Waals surface area (Å²) in [5.41, 5.74) is 1.72. The van der Waals surface area contributed by atoms with Gasteiger partial charge in [-0.15, -0.1) is 0 Å². The van der Waals surface area contributed by atoms with Crippen molar-refractivity contribution in [3.63, 3.8) is 0 Å². The molecule has 0 bridgehead atoms. The number of rotatable bonds is 6. The maximum absolute atomic E-state index is 13.3. The highest BCUT2D eigenvalue weighted by atomic mass is 32.1. The van der Waals surface area contributed by atoms with Crippen molar-refractivity contribution < 1.29 is 13.9 Å². The fourth-order valence-corrected chi connectivity index (χ4v) is 3.77. The second-order valence-electron chi connectivity index (χ2n) is 6.25. The van der Waals surface area contributed by atoms with Crippen molar-refractivity contribution in [2.24, 2.45) is 0 Å². The van der Waals surface area contributed by atoms with Crippen LogP contribution in [-0.2, 0) is 16.1 Å². The molecule has 0 radical (unpaired) electrons. The Morgan fingerprint density at radius 1 is 1.31 bits per heavy atom. The summed E-state index contributed by atoms with van der Waals surface area (Å²) in [7, 11) is 0. The molecule has 8 heteroatoms. The second kappa shape index (κ2) is 8.57. The van der Waals surface area contributed by atoms with Crippen LogP contribution >= 0.6 is 11.3 Å². The molecular formula is C18H22FN3O3S. The SMILES string of the molecule is Cc1csc(=O)n1CC(=O)NCC(c1ccc(F)cc1)N1CCOCC1. The van der Waals surface area contributed by atoms with Crippen molar-refractivity contribution in [3.05, 3.63) is 56.4 Å². The molecule has 1 aliphatic rings. The number of morpholine rings is 1. The van der Waals surface area contributed by atoms with Crippen LogP contribution < -0.4 is 10.2 Å². The number of thiazole rings is 1. The van der Waals surface area contributed by atoms with E-state index in [1.54, 1.807) is 24.4 Å². The largest absolute Gasteiger partial charge is 0.379 e. The van der Waals surface area contributed by atoms with Crippen LogP contribution in [0.2, 0.25) is 0 Å². The van der Waals surface area contributed by atoms with Crippen molar-refractivity contribution in [1.82, 2.24) is 14.8 Å². The van der Waals surface area contributed by atoms with Gasteiger partial charge in [-0.05, 0) is 24.6 Å². The van der Waals surface area contributed by atoms with E-state index in [0.717, 1.165) is 35.7 Å². The summed E-state index contributed by atoms with van der Waals surface area (Å²) in [5, 5.41) is 4.66. The second-order valence-corrected chi connectivity index (χ2v) is 7.07. The number of halogens is 1. The molecule has 1 N–H and O–H groups in total. The minimum atomic E-state index is -0.286. The van der Waals surface area contributed by atoms with Crippen LogP contribution in [0.1, 0.15) is 17.3 Å². The number of nitrogens with one attached hydrogen (secondary N) is 1. The van der Waals surface area contributed by atoms with Crippen molar-refractivity contribution in [2.75, 3.05) is 32.8 Å². The van der Waals surface area contributed by atoms with Gasteiger partial charge in [-0.3, -0.25) is 19.1 Å². The lowest BCUT2D eigenvalue weighted by Crippen LogP contribution is -2.44. The standard InChI is InChI=1S/C18H22FN3O3S/c1-13-12-26-18(24)22(13)11-17(23)20-10-16(21-6-8-25-9-7-21)14-2-4-15(19)5-3-14/h2-5,12,16H,6-11H2,1H3,(H,20,23). The fourth-order valence-electron chi connectivity index (χ4n) is 3.04. The van der Waals surface area contributed by atoms with Gasteiger partial charge >= 0.3 is 4.87 Å². The van der Waals surface area contributed by atoms with E-state index in [-0.39, 0.29) is 29.2 Å². The maximum Gasteiger partial charge on any atom is 0.307 e. The Labute approximate surface area is 155 Å². The molecule has 0 saturated carbocycles. The summed E-state index contributed by atoms with van der Waals surface area (Å²) in [5.74, 6) is -0.500. The van der Waals surface area contributed by atoms with E-state index in [1.165, 1.54) is 16.7 Å². The number of benzene rings is 1. The van der Waals surface area contributed by atoms with E-state index in [9.17, 15) is 14.0 Å². The molecule has 3 rings (SSSR count). The third-order valence-electron chi connectivity index (χ3n) is 4.51. The third-order valence-corrected chi connectivity index (χ3v) is 5.39. The zero-order valence-corrected chi connectivity index (χ0v) is 15.4. The Hall–Kier alpha value is -2.03. The van der Waals surface area contributed by atoms with E-state index in [2.05, 4.69) is 10.2 Å². The van der Waals surface area contributed by atoms with Gasteiger partial charge in [0.15, 0.2) is 0 Å². The van der Waals surface area contributed by atoms with Gasteiger partial charge in [-0.2, -0.15) is 0 Å². The average molecular weight is 379 g/mol. The van der Waals surface area contributed by atoms with E-state index < -0.39 is 0 Å². The highest BCUT2D eigenvalue weighted by Gasteiger charge is 2.23. The first-order chi connectivity index (χ1) is 12.5. The van der Waals surface area contributed by atoms with E-state index in [1.807, 2.05) is 0 Å². The Balaban J connectivity index is 1.68. The van der Waals surface area contributed by atoms with Gasteiger partial charge in [0.25, 0.3) is 0 Å². The molecular weight excluding hydrogens is 357 g/mol. The predicted molar refractivity (Wildman–Crippen MR) is 97.9 cm³/mol. The van der Waals surface area contributed by atoms with Crippen LogP contribution in [-0.4, -0.2) is 48.2 Å². The topological polar surface area (TPSA) is 63.6 Å². The summed E-state index contributed by atoms with van der Waals surface area (Å²) in [6.45, 7) is 4.97. The molecule has 0 aliphatic carbocycles. The zero-order chi connectivity index (χ0) is 18.5. The van der Waals surface area contributed by atoms with Crippen LogP contribution in [0.25, 0.3) is 0 Å². The number of nitrogens with zero attached hydrogens (tertiary/aromatic N) is 2.